The van der Waals surface area contributed by atoms with Gasteiger partial charge < -0.3 is 4.18 Å². The van der Waals surface area contributed by atoms with E-state index in [1.807, 2.05) is 26.8 Å². The first-order chi connectivity index (χ1) is 9.69. The highest BCUT2D eigenvalue weighted by Gasteiger charge is 2.20. The molecule has 2 rings (SSSR count). The van der Waals surface area contributed by atoms with Crippen molar-refractivity contribution in [3.8, 4) is 5.75 Å². The molecule has 0 aliphatic carbocycles. The molecule has 0 aliphatic rings. The summed E-state index contributed by atoms with van der Waals surface area (Å²) in [5.74, 6) is 0.340. The molecule has 0 fully saturated rings. The minimum absolute atomic E-state index is 0.197. The van der Waals surface area contributed by atoms with Crippen molar-refractivity contribution in [3.05, 3.63) is 57.1 Å². The van der Waals surface area contributed by atoms with E-state index in [1.165, 1.54) is 0 Å². The lowest BCUT2D eigenvalue weighted by molar-refractivity contribution is 0.485. The molecule has 5 heteroatoms. The molecule has 0 radical (unpaired) electrons. The third-order valence-corrected chi connectivity index (χ3v) is 5.37. The molecule has 0 aromatic heterocycles. The van der Waals surface area contributed by atoms with E-state index in [0.717, 1.165) is 21.2 Å². The maximum absolute atomic E-state index is 12.5. The fourth-order valence-corrected chi connectivity index (χ4v) is 3.85. The van der Waals surface area contributed by atoms with Crippen molar-refractivity contribution in [2.24, 2.45) is 0 Å². The zero-order valence-electron chi connectivity index (χ0n) is 12.4. The van der Waals surface area contributed by atoms with E-state index in [1.54, 1.807) is 31.2 Å². The van der Waals surface area contributed by atoms with E-state index < -0.39 is 10.1 Å². The van der Waals surface area contributed by atoms with Crippen molar-refractivity contribution in [1.82, 2.24) is 0 Å². The average Bonchev–Trinajstić information content (AvgIpc) is 2.31. The Morgan fingerprint density at radius 2 is 1.43 bits per heavy atom. The van der Waals surface area contributed by atoms with Crippen molar-refractivity contribution in [2.45, 2.75) is 32.6 Å². The van der Waals surface area contributed by atoms with Crippen LogP contribution in [0.3, 0.4) is 0 Å². The predicted molar refractivity (Wildman–Crippen MR) is 87.3 cm³/mol. The Balaban J connectivity index is 2.45. The van der Waals surface area contributed by atoms with Crippen LogP contribution in [0.2, 0.25) is 0 Å². The Kier molecular flexibility index (Phi) is 4.44. The topological polar surface area (TPSA) is 43.4 Å². The Bertz CT molecular complexity index is 775. The SMILES string of the molecule is Cc1cc(C)cc(OS(=O)(=O)c2cc(C)c(Br)cc2C)c1. The first kappa shape index (κ1) is 16.0. The van der Waals surface area contributed by atoms with Gasteiger partial charge in [0.25, 0.3) is 0 Å². The van der Waals surface area contributed by atoms with Crippen molar-refractivity contribution in [3.63, 3.8) is 0 Å². The van der Waals surface area contributed by atoms with Crippen LogP contribution in [0, 0.1) is 27.7 Å². The van der Waals surface area contributed by atoms with E-state index in [-0.39, 0.29) is 4.90 Å². The molecule has 3 nitrogen and oxygen atoms in total. The second kappa shape index (κ2) is 5.81. The molecule has 0 aliphatic heterocycles. The van der Waals surface area contributed by atoms with Crippen LogP contribution in [-0.4, -0.2) is 8.42 Å². The molecule has 2 aromatic rings. The molecule has 0 saturated heterocycles. The summed E-state index contributed by atoms with van der Waals surface area (Å²) in [6.07, 6.45) is 0. The first-order valence-corrected chi connectivity index (χ1v) is 8.69. The summed E-state index contributed by atoms with van der Waals surface area (Å²) in [6.45, 7) is 7.41. The van der Waals surface area contributed by atoms with Crippen LogP contribution < -0.4 is 4.18 Å². The summed E-state index contributed by atoms with van der Waals surface area (Å²) in [6, 6.07) is 8.80. The molecule has 0 amide bonds. The van der Waals surface area contributed by atoms with Crippen molar-refractivity contribution in [1.29, 1.82) is 0 Å². The molecule has 0 bridgehead atoms. The van der Waals surface area contributed by atoms with E-state index >= 15 is 0 Å². The molecule has 2 aromatic carbocycles. The molecule has 0 heterocycles. The Labute approximate surface area is 134 Å². The highest BCUT2D eigenvalue weighted by molar-refractivity contribution is 9.10. The standard InChI is InChI=1S/C16H17BrO3S/c1-10-5-11(2)7-14(6-10)20-21(18,19)16-9-12(3)15(17)8-13(16)4/h5-9H,1-4H3. The molecule has 0 spiro atoms. The van der Waals surface area contributed by atoms with Gasteiger partial charge in [-0.15, -0.1) is 0 Å². The lowest BCUT2D eigenvalue weighted by Crippen LogP contribution is -2.12. The minimum Gasteiger partial charge on any atom is -0.379 e. The lowest BCUT2D eigenvalue weighted by Gasteiger charge is -2.12. The largest absolute Gasteiger partial charge is 0.379 e. The number of hydrogen-bond acceptors (Lipinski definition) is 3. The Morgan fingerprint density at radius 3 is 2.00 bits per heavy atom. The quantitative estimate of drug-likeness (QED) is 0.751. The van der Waals surface area contributed by atoms with Gasteiger partial charge in [0.2, 0.25) is 0 Å². The van der Waals surface area contributed by atoms with E-state index in [9.17, 15) is 8.42 Å². The van der Waals surface area contributed by atoms with Gasteiger partial charge in [-0.05, 0) is 74.2 Å². The van der Waals surface area contributed by atoms with E-state index in [0.29, 0.717) is 11.3 Å². The van der Waals surface area contributed by atoms with Gasteiger partial charge in [0.05, 0.1) is 0 Å². The first-order valence-electron chi connectivity index (χ1n) is 6.48. The smallest absolute Gasteiger partial charge is 0.339 e. The highest BCUT2D eigenvalue weighted by Crippen LogP contribution is 2.27. The van der Waals surface area contributed by atoms with Crippen LogP contribution >= 0.6 is 15.9 Å². The monoisotopic (exact) mass is 368 g/mol. The van der Waals surface area contributed by atoms with Crippen molar-refractivity contribution in [2.75, 3.05) is 0 Å². The van der Waals surface area contributed by atoms with Crippen LogP contribution in [0.5, 0.6) is 5.75 Å². The van der Waals surface area contributed by atoms with Crippen LogP contribution in [0.15, 0.2) is 39.7 Å². The fraction of sp³-hybridized carbons (Fsp3) is 0.250. The van der Waals surface area contributed by atoms with Gasteiger partial charge in [0, 0.05) is 4.47 Å². The van der Waals surface area contributed by atoms with Gasteiger partial charge >= 0.3 is 10.1 Å². The van der Waals surface area contributed by atoms with Gasteiger partial charge in [-0.2, -0.15) is 8.42 Å². The molecule has 0 unspecified atom stereocenters. The second-order valence-corrected chi connectivity index (χ2v) is 7.60. The third kappa shape index (κ3) is 3.66. The zero-order valence-corrected chi connectivity index (χ0v) is 14.8. The Morgan fingerprint density at radius 1 is 0.857 bits per heavy atom. The van der Waals surface area contributed by atoms with Crippen LogP contribution in [0.1, 0.15) is 22.3 Å². The van der Waals surface area contributed by atoms with E-state index in [4.69, 9.17) is 4.18 Å². The molecule has 0 N–H and O–H groups in total. The van der Waals surface area contributed by atoms with Gasteiger partial charge in [0.15, 0.2) is 0 Å². The number of halogens is 1. The summed E-state index contributed by atoms with van der Waals surface area (Å²) in [5, 5.41) is 0. The van der Waals surface area contributed by atoms with Crippen LogP contribution in [-0.2, 0) is 10.1 Å². The molecule has 0 saturated carbocycles. The molecule has 21 heavy (non-hydrogen) atoms. The van der Waals surface area contributed by atoms with Crippen molar-refractivity contribution >= 4 is 26.0 Å². The number of rotatable bonds is 3. The second-order valence-electron chi connectivity index (χ2n) is 5.23. The van der Waals surface area contributed by atoms with Crippen LogP contribution in [0.4, 0.5) is 0 Å². The van der Waals surface area contributed by atoms with Crippen molar-refractivity contribution < 1.29 is 12.6 Å². The summed E-state index contributed by atoms with van der Waals surface area (Å²) in [4.78, 5) is 0.197. The minimum atomic E-state index is -3.84. The summed E-state index contributed by atoms with van der Waals surface area (Å²) < 4.78 is 31.1. The molecular weight excluding hydrogens is 352 g/mol. The van der Waals surface area contributed by atoms with E-state index in [2.05, 4.69) is 15.9 Å². The molecule has 0 atom stereocenters. The maximum Gasteiger partial charge on any atom is 0.339 e. The summed E-state index contributed by atoms with van der Waals surface area (Å²) >= 11 is 3.40. The van der Waals surface area contributed by atoms with Gasteiger partial charge in [0.1, 0.15) is 10.6 Å². The summed E-state index contributed by atoms with van der Waals surface area (Å²) in [5.41, 5.74) is 3.42. The van der Waals surface area contributed by atoms with Gasteiger partial charge in [-0.1, -0.05) is 22.0 Å². The van der Waals surface area contributed by atoms with Crippen LogP contribution in [0.25, 0.3) is 0 Å². The lowest BCUT2D eigenvalue weighted by atomic mass is 10.1. The maximum atomic E-state index is 12.5. The third-order valence-electron chi connectivity index (χ3n) is 3.13. The predicted octanol–water partition coefficient (Wildman–Crippen LogP) is 4.45. The number of hydrogen-bond donors (Lipinski definition) is 0. The molecule has 112 valence electrons. The molecular formula is C16H17BrO3S. The summed E-state index contributed by atoms with van der Waals surface area (Å²) in [7, 11) is -3.84. The van der Waals surface area contributed by atoms with Gasteiger partial charge in [-0.3, -0.25) is 0 Å². The number of aryl methyl sites for hydroxylation is 4. The average molecular weight is 369 g/mol. The highest BCUT2D eigenvalue weighted by atomic mass is 79.9. The Hall–Kier alpha value is -1.33. The van der Waals surface area contributed by atoms with Gasteiger partial charge in [-0.25, -0.2) is 0 Å². The number of benzene rings is 2. The fourth-order valence-electron chi connectivity index (χ4n) is 2.18. The normalized spacial score (nSPS) is 11.5. The zero-order chi connectivity index (χ0) is 15.8.